The second-order valence-corrected chi connectivity index (χ2v) is 7.36. The zero-order chi connectivity index (χ0) is 21.9. The Morgan fingerprint density at radius 1 is 0.600 bits per heavy atom. The normalized spacial score (nSPS) is 10.6. The SMILES string of the molecule is CCOCn1c(-c2cccc(-c3nc4ccccc4n3COCC)n2)nc2ccccc21.[Cl-].[Cl-].[Co+2]. The predicted octanol–water partition coefficient (Wildman–Crippen LogP) is -0.891. The van der Waals surface area contributed by atoms with Gasteiger partial charge in [0.15, 0.2) is 11.6 Å². The topological polar surface area (TPSA) is 67.0 Å². The number of halogens is 2. The predicted molar refractivity (Wildman–Crippen MR) is 125 cm³/mol. The molecule has 7 nitrogen and oxygen atoms in total. The molecule has 10 heteroatoms. The van der Waals surface area contributed by atoms with Gasteiger partial charge in [-0.1, -0.05) is 30.3 Å². The summed E-state index contributed by atoms with van der Waals surface area (Å²) >= 11 is 0. The van der Waals surface area contributed by atoms with Gasteiger partial charge in [-0.2, -0.15) is 0 Å². The molecule has 0 fully saturated rings. The van der Waals surface area contributed by atoms with E-state index < -0.39 is 0 Å². The van der Waals surface area contributed by atoms with Crippen LogP contribution in [-0.2, 0) is 39.7 Å². The van der Waals surface area contributed by atoms with Crippen LogP contribution in [0.15, 0.2) is 66.7 Å². The van der Waals surface area contributed by atoms with Crippen LogP contribution in [0.5, 0.6) is 0 Å². The largest absolute Gasteiger partial charge is 2.00 e. The van der Waals surface area contributed by atoms with Crippen LogP contribution >= 0.6 is 0 Å². The van der Waals surface area contributed by atoms with Gasteiger partial charge in [0.25, 0.3) is 0 Å². The van der Waals surface area contributed by atoms with Crippen molar-refractivity contribution < 1.29 is 51.1 Å². The molecule has 0 saturated carbocycles. The molecule has 2 aromatic carbocycles. The molecule has 0 bridgehead atoms. The third-order valence-corrected chi connectivity index (χ3v) is 5.37. The molecule has 1 radical (unpaired) electrons. The van der Waals surface area contributed by atoms with E-state index >= 15 is 0 Å². The van der Waals surface area contributed by atoms with Crippen molar-refractivity contribution in [3.63, 3.8) is 0 Å². The molecule has 0 atom stereocenters. The summed E-state index contributed by atoms with van der Waals surface area (Å²) in [6, 6.07) is 22.1. The van der Waals surface area contributed by atoms with Crippen molar-refractivity contribution in [2.24, 2.45) is 0 Å². The van der Waals surface area contributed by atoms with Crippen LogP contribution in [-0.4, -0.2) is 37.3 Å². The summed E-state index contributed by atoms with van der Waals surface area (Å²) in [6.07, 6.45) is 0. The fourth-order valence-corrected chi connectivity index (χ4v) is 3.85. The number of hydrogen-bond donors (Lipinski definition) is 0. The molecule has 0 unspecified atom stereocenters. The minimum Gasteiger partial charge on any atom is -1.00 e. The van der Waals surface area contributed by atoms with Gasteiger partial charge in [-0.05, 0) is 50.2 Å². The number of para-hydroxylation sites is 4. The molecule has 0 aliphatic rings. The molecule has 3 heterocycles. The Bertz CT molecular complexity index is 1290. The number of nitrogens with zero attached hydrogens (tertiary/aromatic N) is 5. The fourth-order valence-electron chi connectivity index (χ4n) is 3.85. The van der Waals surface area contributed by atoms with Crippen LogP contribution in [0.2, 0.25) is 0 Å². The van der Waals surface area contributed by atoms with Gasteiger partial charge in [0.2, 0.25) is 0 Å². The van der Waals surface area contributed by atoms with Crippen molar-refractivity contribution in [3.05, 3.63) is 66.7 Å². The number of hydrogen-bond acceptors (Lipinski definition) is 5. The van der Waals surface area contributed by atoms with Gasteiger partial charge in [0.05, 0.1) is 22.1 Å². The summed E-state index contributed by atoms with van der Waals surface area (Å²) in [7, 11) is 0. The number of ether oxygens (including phenoxy) is 2. The molecule has 0 N–H and O–H groups in total. The van der Waals surface area contributed by atoms with Gasteiger partial charge in [0.1, 0.15) is 24.8 Å². The Labute approximate surface area is 226 Å². The molecule has 0 spiro atoms. The minimum absolute atomic E-state index is 0. The summed E-state index contributed by atoms with van der Waals surface area (Å²) in [5.41, 5.74) is 5.41. The number of pyridine rings is 1. The zero-order valence-electron chi connectivity index (χ0n) is 19.3. The molecular formula is C25H25Cl2CoN5O2. The number of fused-ring (bicyclic) bond motifs is 2. The molecule has 0 aliphatic heterocycles. The van der Waals surface area contributed by atoms with Crippen LogP contribution in [0.25, 0.3) is 45.1 Å². The smallest absolute Gasteiger partial charge is 1.00 e. The first-order chi connectivity index (χ1) is 15.8. The standard InChI is InChI=1S/C25H25N5O2.2ClH.Co/c1-3-31-16-29-22-14-7-5-10-18(22)27-24(29)20-12-9-13-21(26-20)25-28-19-11-6-8-15-23(19)30(25)17-32-4-2;;;/h5-15H,3-4,16-17H2,1-2H3;2*1H;/q;;;+2/p-2. The molecule has 3 aromatic heterocycles. The van der Waals surface area contributed by atoms with Crippen LogP contribution in [0.1, 0.15) is 13.8 Å². The Hall–Kier alpha value is -2.46. The van der Waals surface area contributed by atoms with E-state index in [9.17, 15) is 0 Å². The van der Waals surface area contributed by atoms with Crippen molar-refractivity contribution in [1.82, 2.24) is 24.1 Å². The molecule has 0 saturated heterocycles. The zero-order valence-corrected chi connectivity index (χ0v) is 21.9. The van der Waals surface area contributed by atoms with E-state index in [2.05, 4.69) is 21.3 Å². The first-order valence-electron chi connectivity index (χ1n) is 10.8. The number of benzene rings is 2. The number of imidazole rings is 2. The van der Waals surface area contributed by atoms with Gasteiger partial charge in [-0.25, -0.2) is 15.0 Å². The maximum Gasteiger partial charge on any atom is 2.00 e. The van der Waals surface area contributed by atoms with Gasteiger partial charge >= 0.3 is 16.8 Å². The molecule has 5 aromatic rings. The fraction of sp³-hybridized carbons (Fsp3) is 0.240. The monoisotopic (exact) mass is 556 g/mol. The van der Waals surface area contributed by atoms with Gasteiger partial charge in [-0.15, -0.1) is 0 Å². The summed E-state index contributed by atoms with van der Waals surface area (Å²) in [5.74, 6) is 1.54. The van der Waals surface area contributed by atoms with E-state index in [1.165, 1.54) is 0 Å². The van der Waals surface area contributed by atoms with E-state index in [1.54, 1.807) is 0 Å². The van der Waals surface area contributed by atoms with Crippen molar-refractivity contribution in [2.75, 3.05) is 13.2 Å². The van der Waals surface area contributed by atoms with Crippen LogP contribution in [0.4, 0.5) is 0 Å². The first-order valence-corrected chi connectivity index (χ1v) is 10.8. The number of aromatic nitrogens is 5. The quantitative estimate of drug-likeness (QED) is 0.248. The van der Waals surface area contributed by atoms with E-state index in [0.717, 1.165) is 45.1 Å². The molecule has 0 amide bonds. The molecule has 5 rings (SSSR count). The third-order valence-electron chi connectivity index (χ3n) is 5.37. The second-order valence-electron chi connectivity index (χ2n) is 7.36. The summed E-state index contributed by atoms with van der Waals surface area (Å²) in [6.45, 7) is 6.06. The maximum absolute atomic E-state index is 5.73. The maximum atomic E-state index is 5.73. The van der Waals surface area contributed by atoms with Crippen molar-refractivity contribution >= 4 is 22.1 Å². The van der Waals surface area contributed by atoms with Gasteiger partial charge < -0.3 is 34.3 Å². The second kappa shape index (κ2) is 13.0. The van der Waals surface area contributed by atoms with E-state index in [4.69, 9.17) is 24.4 Å². The van der Waals surface area contributed by atoms with Crippen molar-refractivity contribution in [3.8, 4) is 23.0 Å². The summed E-state index contributed by atoms with van der Waals surface area (Å²) < 4.78 is 15.6. The van der Waals surface area contributed by atoms with Crippen LogP contribution in [0.3, 0.4) is 0 Å². The average molecular weight is 557 g/mol. The summed E-state index contributed by atoms with van der Waals surface area (Å²) in [4.78, 5) is 14.7. The number of rotatable bonds is 8. The Morgan fingerprint density at radius 2 is 1.03 bits per heavy atom. The van der Waals surface area contributed by atoms with Gasteiger partial charge in [0, 0.05) is 13.2 Å². The third kappa shape index (κ3) is 5.69. The van der Waals surface area contributed by atoms with Crippen molar-refractivity contribution in [2.45, 2.75) is 27.3 Å². The average Bonchev–Trinajstić information content (AvgIpc) is 3.40. The van der Waals surface area contributed by atoms with E-state index in [0.29, 0.717) is 26.7 Å². The molecular weight excluding hydrogens is 532 g/mol. The molecule has 185 valence electrons. The van der Waals surface area contributed by atoms with Gasteiger partial charge in [-0.3, -0.25) is 9.13 Å². The van der Waals surface area contributed by atoms with E-state index in [-0.39, 0.29) is 41.6 Å². The Balaban J connectivity index is 0.00000144. The first kappa shape index (κ1) is 28.8. The molecule has 0 aliphatic carbocycles. The Morgan fingerprint density at radius 3 is 1.46 bits per heavy atom. The minimum atomic E-state index is 0. The molecule has 35 heavy (non-hydrogen) atoms. The van der Waals surface area contributed by atoms with Crippen LogP contribution in [0, 0.1) is 0 Å². The summed E-state index contributed by atoms with van der Waals surface area (Å²) in [5, 5.41) is 0. The Kier molecular flexibility index (Phi) is 10.7. The van der Waals surface area contributed by atoms with Crippen molar-refractivity contribution in [1.29, 1.82) is 0 Å². The van der Waals surface area contributed by atoms with E-state index in [1.807, 2.05) is 68.4 Å². The van der Waals surface area contributed by atoms with Crippen LogP contribution < -0.4 is 24.8 Å².